The molecule has 0 atom stereocenters. The van der Waals surface area contributed by atoms with Gasteiger partial charge in [-0.25, -0.2) is 0 Å². The molecule has 0 fully saturated rings. The van der Waals surface area contributed by atoms with Crippen molar-refractivity contribution >= 4 is 23.0 Å². The van der Waals surface area contributed by atoms with Gasteiger partial charge in [-0.1, -0.05) is 12.1 Å². The van der Waals surface area contributed by atoms with Crippen molar-refractivity contribution in [1.29, 1.82) is 0 Å². The lowest BCUT2D eigenvalue weighted by molar-refractivity contribution is -0.384. The molecule has 1 N–H and O–H groups in total. The molecular weight excluding hydrogens is 328 g/mol. The van der Waals surface area contributed by atoms with Crippen molar-refractivity contribution in [2.75, 3.05) is 26.1 Å². The molecule has 1 amide bonds. The SMILES string of the molecule is COc1cc([N+](=O)[O-])ccc1/N=N/CC(=O)Nc1ccccc1OC. The van der Waals surface area contributed by atoms with Crippen molar-refractivity contribution in [2.45, 2.75) is 0 Å². The summed E-state index contributed by atoms with van der Waals surface area (Å²) in [5, 5.41) is 21.1. The Hall–Kier alpha value is -3.49. The lowest BCUT2D eigenvalue weighted by Crippen LogP contribution is -2.15. The van der Waals surface area contributed by atoms with Crippen molar-refractivity contribution in [1.82, 2.24) is 0 Å². The number of nitrogens with one attached hydrogen (secondary N) is 1. The zero-order chi connectivity index (χ0) is 18.2. The third-order valence-electron chi connectivity index (χ3n) is 3.15. The molecule has 0 unspecified atom stereocenters. The number of ether oxygens (including phenoxy) is 2. The van der Waals surface area contributed by atoms with E-state index < -0.39 is 4.92 Å². The van der Waals surface area contributed by atoms with E-state index in [1.165, 1.54) is 32.4 Å². The third-order valence-corrected chi connectivity index (χ3v) is 3.15. The molecular formula is C16H16N4O5. The summed E-state index contributed by atoms with van der Waals surface area (Å²) in [5.74, 6) is 0.349. The number of methoxy groups -OCH3 is 2. The maximum atomic E-state index is 11.9. The van der Waals surface area contributed by atoms with Crippen molar-refractivity contribution in [2.24, 2.45) is 10.2 Å². The van der Waals surface area contributed by atoms with Crippen LogP contribution in [0.4, 0.5) is 17.1 Å². The van der Waals surface area contributed by atoms with Crippen molar-refractivity contribution < 1.29 is 19.2 Å². The molecule has 0 aliphatic carbocycles. The third kappa shape index (κ3) is 4.74. The summed E-state index contributed by atoms with van der Waals surface area (Å²) in [6.07, 6.45) is 0. The molecule has 2 aromatic carbocycles. The minimum absolute atomic E-state index is 0.121. The van der Waals surface area contributed by atoms with Gasteiger partial charge in [0.15, 0.2) is 5.75 Å². The minimum Gasteiger partial charge on any atom is -0.495 e. The average molecular weight is 344 g/mol. The fraction of sp³-hybridized carbons (Fsp3) is 0.188. The van der Waals surface area contributed by atoms with E-state index in [4.69, 9.17) is 9.47 Å². The first kappa shape index (κ1) is 17.9. The molecule has 2 aromatic rings. The molecule has 0 saturated carbocycles. The Kier molecular flexibility index (Phi) is 5.99. The van der Waals surface area contributed by atoms with Gasteiger partial charge >= 0.3 is 0 Å². The molecule has 9 nitrogen and oxygen atoms in total. The lowest BCUT2D eigenvalue weighted by atomic mass is 10.2. The van der Waals surface area contributed by atoms with Crippen LogP contribution in [0, 0.1) is 10.1 Å². The van der Waals surface area contributed by atoms with E-state index in [9.17, 15) is 14.9 Å². The van der Waals surface area contributed by atoms with Crippen LogP contribution in [-0.4, -0.2) is 31.6 Å². The number of nitro groups is 1. The smallest absolute Gasteiger partial charge is 0.273 e. The second kappa shape index (κ2) is 8.39. The van der Waals surface area contributed by atoms with Gasteiger partial charge in [0.25, 0.3) is 5.69 Å². The molecule has 0 aliphatic rings. The van der Waals surface area contributed by atoms with Crippen molar-refractivity contribution in [3.8, 4) is 11.5 Å². The number of nitro benzene ring substituents is 1. The second-order valence-electron chi connectivity index (χ2n) is 4.76. The number of amides is 1. The Morgan fingerprint density at radius 3 is 2.56 bits per heavy atom. The number of anilines is 1. The number of hydrogen-bond acceptors (Lipinski definition) is 7. The molecule has 2 rings (SSSR count). The van der Waals surface area contributed by atoms with Crippen LogP contribution in [0.5, 0.6) is 11.5 Å². The zero-order valence-electron chi connectivity index (χ0n) is 13.6. The summed E-state index contributed by atoms with van der Waals surface area (Å²) in [4.78, 5) is 22.1. The molecule has 9 heteroatoms. The fourth-order valence-corrected chi connectivity index (χ4v) is 1.98. The van der Waals surface area contributed by atoms with E-state index in [0.29, 0.717) is 11.4 Å². The largest absolute Gasteiger partial charge is 0.495 e. The van der Waals surface area contributed by atoms with E-state index in [1.807, 2.05) is 0 Å². The van der Waals surface area contributed by atoms with Gasteiger partial charge in [-0.2, -0.15) is 10.2 Å². The van der Waals surface area contributed by atoms with E-state index in [1.54, 1.807) is 24.3 Å². The van der Waals surface area contributed by atoms with Gasteiger partial charge in [0.1, 0.15) is 18.0 Å². The Labute approximate surface area is 143 Å². The summed E-state index contributed by atoms with van der Waals surface area (Å²) in [6.45, 7) is -0.224. The number of carbonyl (C=O) groups is 1. The number of rotatable bonds is 7. The van der Waals surface area contributed by atoms with Gasteiger partial charge in [0.05, 0.1) is 30.9 Å². The van der Waals surface area contributed by atoms with Gasteiger partial charge in [-0.05, 0) is 18.2 Å². The lowest BCUT2D eigenvalue weighted by Gasteiger charge is -2.08. The average Bonchev–Trinajstić information content (AvgIpc) is 2.62. The van der Waals surface area contributed by atoms with Crippen molar-refractivity contribution in [3.05, 3.63) is 52.6 Å². The van der Waals surface area contributed by atoms with Crippen LogP contribution in [0.25, 0.3) is 0 Å². The maximum Gasteiger partial charge on any atom is 0.273 e. The molecule has 0 bridgehead atoms. The molecule has 0 aromatic heterocycles. The molecule has 0 spiro atoms. The number of azo groups is 1. The second-order valence-corrected chi connectivity index (χ2v) is 4.76. The number of carbonyl (C=O) groups excluding carboxylic acids is 1. The zero-order valence-corrected chi connectivity index (χ0v) is 13.6. The first-order valence-corrected chi connectivity index (χ1v) is 7.18. The first-order chi connectivity index (χ1) is 12.0. The van der Waals surface area contributed by atoms with Crippen LogP contribution in [-0.2, 0) is 4.79 Å². The first-order valence-electron chi connectivity index (χ1n) is 7.18. The number of non-ortho nitro benzene ring substituents is 1. The van der Waals surface area contributed by atoms with Gasteiger partial charge in [0, 0.05) is 6.07 Å². The number of nitrogens with zero attached hydrogens (tertiary/aromatic N) is 3. The van der Waals surface area contributed by atoms with Gasteiger partial charge in [-0.15, -0.1) is 0 Å². The van der Waals surface area contributed by atoms with E-state index in [2.05, 4.69) is 15.5 Å². The van der Waals surface area contributed by atoms with E-state index in [-0.39, 0.29) is 29.6 Å². The van der Waals surface area contributed by atoms with Crippen LogP contribution < -0.4 is 14.8 Å². The Balaban J connectivity index is 2.03. The van der Waals surface area contributed by atoms with E-state index in [0.717, 1.165) is 0 Å². The molecule has 0 radical (unpaired) electrons. The number of hydrogen-bond donors (Lipinski definition) is 1. The summed E-state index contributed by atoms with van der Waals surface area (Å²) in [7, 11) is 2.87. The monoisotopic (exact) mass is 344 g/mol. The number of para-hydroxylation sites is 2. The van der Waals surface area contributed by atoms with E-state index >= 15 is 0 Å². The highest BCUT2D eigenvalue weighted by molar-refractivity contribution is 5.93. The van der Waals surface area contributed by atoms with Gasteiger partial charge in [0.2, 0.25) is 5.91 Å². The highest BCUT2D eigenvalue weighted by atomic mass is 16.6. The molecule has 0 aliphatic heterocycles. The number of benzene rings is 2. The van der Waals surface area contributed by atoms with Gasteiger partial charge in [-0.3, -0.25) is 14.9 Å². The highest BCUT2D eigenvalue weighted by Gasteiger charge is 2.11. The summed E-state index contributed by atoms with van der Waals surface area (Å²) in [6, 6.07) is 10.9. The summed E-state index contributed by atoms with van der Waals surface area (Å²) < 4.78 is 10.2. The minimum atomic E-state index is -0.538. The van der Waals surface area contributed by atoms with Gasteiger partial charge < -0.3 is 14.8 Å². The Morgan fingerprint density at radius 2 is 1.88 bits per heavy atom. The van der Waals surface area contributed by atoms with Crippen LogP contribution in [0.15, 0.2) is 52.7 Å². The summed E-state index contributed by atoms with van der Waals surface area (Å²) >= 11 is 0. The predicted octanol–water partition coefficient (Wildman–Crippen LogP) is 3.33. The molecule has 25 heavy (non-hydrogen) atoms. The Morgan fingerprint density at radius 1 is 1.16 bits per heavy atom. The highest BCUT2D eigenvalue weighted by Crippen LogP contribution is 2.31. The Bertz CT molecular complexity index is 807. The topological polar surface area (TPSA) is 115 Å². The van der Waals surface area contributed by atoms with Crippen molar-refractivity contribution in [3.63, 3.8) is 0 Å². The van der Waals surface area contributed by atoms with Crippen LogP contribution in [0.3, 0.4) is 0 Å². The predicted molar refractivity (Wildman–Crippen MR) is 90.7 cm³/mol. The quantitative estimate of drug-likeness (QED) is 0.470. The van der Waals surface area contributed by atoms with Crippen LogP contribution in [0.2, 0.25) is 0 Å². The fourth-order valence-electron chi connectivity index (χ4n) is 1.98. The molecule has 0 heterocycles. The standard InChI is InChI=1S/C16H16N4O5/c1-24-14-6-4-3-5-12(14)18-16(21)10-17-19-13-8-7-11(20(22)23)9-15(13)25-2/h3-9H,10H2,1-2H3,(H,18,21)/b19-17+. The molecule has 0 saturated heterocycles. The normalized spacial score (nSPS) is 10.5. The maximum absolute atomic E-state index is 11.9. The van der Waals surface area contributed by atoms with Crippen LogP contribution in [0.1, 0.15) is 0 Å². The summed E-state index contributed by atoms with van der Waals surface area (Å²) in [5.41, 5.74) is 0.695. The molecule has 130 valence electrons. The van der Waals surface area contributed by atoms with Crippen LogP contribution >= 0.6 is 0 Å².